The topological polar surface area (TPSA) is 95.9 Å². The lowest BCUT2D eigenvalue weighted by molar-refractivity contribution is -0.157. The number of amides is 2. The average molecular weight is 296 g/mol. The molecule has 0 aromatic rings. The third-order valence-corrected chi connectivity index (χ3v) is 4.03. The smallest absolute Gasteiger partial charge is 0.307 e. The van der Waals surface area contributed by atoms with Gasteiger partial charge in [0, 0.05) is 13.6 Å². The predicted octanol–water partition coefficient (Wildman–Crippen LogP) is -0.373. The van der Waals surface area contributed by atoms with Crippen molar-refractivity contribution in [1.82, 2.24) is 10.2 Å². The number of allylic oxidation sites excluding steroid dienone is 2. The molecule has 0 aromatic heterocycles. The maximum Gasteiger partial charge on any atom is 0.307 e. The summed E-state index contributed by atoms with van der Waals surface area (Å²) in [6, 6.07) is -0.684. The van der Waals surface area contributed by atoms with Crippen LogP contribution < -0.4 is 5.32 Å². The summed E-state index contributed by atoms with van der Waals surface area (Å²) in [6.07, 6.45) is 4.36. The Labute approximate surface area is 122 Å². The third-order valence-electron chi connectivity index (χ3n) is 4.03. The van der Waals surface area contributed by atoms with Crippen molar-refractivity contribution >= 4 is 17.8 Å². The van der Waals surface area contributed by atoms with Crippen LogP contribution in [-0.2, 0) is 19.1 Å². The Kier molecular flexibility index (Phi) is 4.95. The van der Waals surface area contributed by atoms with Gasteiger partial charge in [-0.1, -0.05) is 12.2 Å². The van der Waals surface area contributed by atoms with E-state index in [9.17, 15) is 19.5 Å². The standard InChI is InChI=1S/C14H20N2O5/c1-15-12(17)11-8-21-7-6-16(11)13(18)9-4-2-3-5-10(9)14(19)20/h2-3,9-11H,4-8H2,1H3,(H,15,17)(H,19,20)/t9-,10+,11?/m1/s1. The van der Waals surface area contributed by atoms with Crippen molar-refractivity contribution in [2.24, 2.45) is 11.8 Å². The lowest BCUT2D eigenvalue weighted by atomic mass is 9.81. The van der Waals surface area contributed by atoms with E-state index in [1.54, 1.807) is 6.08 Å². The minimum absolute atomic E-state index is 0.145. The molecular formula is C14H20N2O5. The number of hydrogen-bond donors (Lipinski definition) is 2. The fourth-order valence-corrected chi connectivity index (χ4v) is 2.82. The molecule has 2 amide bonds. The lowest BCUT2D eigenvalue weighted by Gasteiger charge is -2.38. The molecule has 1 heterocycles. The monoisotopic (exact) mass is 296 g/mol. The normalized spacial score (nSPS) is 29.0. The molecule has 1 fully saturated rings. The van der Waals surface area contributed by atoms with Gasteiger partial charge in [-0.15, -0.1) is 0 Å². The Morgan fingerprint density at radius 3 is 2.52 bits per heavy atom. The van der Waals surface area contributed by atoms with E-state index in [-0.39, 0.29) is 18.4 Å². The van der Waals surface area contributed by atoms with Gasteiger partial charge in [0.15, 0.2) is 0 Å². The molecule has 1 unspecified atom stereocenters. The van der Waals surface area contributed by atoms with Crippen molar-refractivity contribution in [3.05, 3.63) is 12.2 Å². The van der Waals surface area contributed by atoms with Crippen LogP contribution >= 0.6 is 0 Å². The summed E-state index contributed by atoms with van der Waals surface area (Å²) in [5, 5.41) is 11.8. The molecule has 1 aliphatic carbocycles. The molecule has 2 aliphatic rings. The van der Waals surface area contributed by atoms with E-state index in [4.69, 9.17) is 4.74 Å². The highest BCUT2D eigenvalue weighted by atomic mass is 16.5. The maximum atomic E-state index is 12.7. The number of hydrogen-bond acceptors (Lipinski definition) is 4. The molecule has 1 aliphatic heterocycles. The van der Waals surface area contributed by atoms with Gasteiger partial charge in [0.2, 0.25) is 11.8 Å². The molecule has 3 atom stereocenters. The highest BCUT2D eigenvalue weighted by molar-refractivity contribution is 5.91. The molecule has 1 saturated heterocycles. The summed E-state index contributed by atoms with van der Waals surface area (Å²) >= 11 is 0. The third kappa shape index (κ3) is 3.24. The number of nitrogens with one attached hydrogen (secondary N) is 1. The second-order valence-corrected chi connectivity index (χ2v) is 5.23. The first-order valence-electron chi connectivity index (χ1n) is 7.04. The van der Waals surface area contributed by atoms with Gasteiger partial charge in [0.25, 0.3) is 0 Å². The molecular weight excluding hydrogens is 276 g/mol. The van der Waals surface area contributed by atoms with Crippen LogP contribution in [-0.4, -0.2) is 60.6 Å². The van der Waals surface area contributed by atoms with E-state index >= 15 is 0 Å². The minimum atomic E-state index is -0.970. The van der Waals surface area contributed by atoms with E-state index < -0.39 is 23.8 Å². The van der Waals surface area contributed by atoms with E-state index in [2.05, 4.69) is 5.32 Å². The number of likely N-dealkylation sites (N-methyl/N-ethyl adjacent to an activating group) is 1. The molecule has 7 heteroatoms. The summed E-state index contributed by atoms with van der Waals surface area (Å²) in [4.78, 5) is 37.3. The van der Waals surface area contributed by atoms with Gasteiger partial charge in [-0.05, 0) is 12.8 Å². The van der Waals surface area contributed by atoms with Gasteiger partial charge in [0.1, 0.15) is 6.04 Å². The van der Waals surface area contributed by atoms with Crippen LogP contribution in [0.25, 0.3) is 0 Å². The van der Waals surface area contributed by atoms with Gasteiger partial charge < -0.3 is 20.1 Å². The van der Waals surface area contributed by atoms with Crippen LogP contribution in [0.15, 0.2) is 12.2 Å². The van der Waals surface area contributed by atoms with Crippen molar-refractivity contribution in [1.29, 1.82) is 0 Å². The fourth-order valence-electron chi connectivity index (χ4n) is 2.82. The SMILES string of the molecule is CNC(=O)C1COCCN1C(=O)[C@@H]1CC=CC[C@@H]1C(=O)O. The van der Waals surface area contributed by atoms with Crippen molar-refractivity contribution in [2.75, 3.05) is 26.8 Å². The average Bonchev–Trinajstić information content (AvgIpc) is 2.53. The Bertz CT molecular complexity index is 462. The van der Waals surface area contributed by atoms with Crippen LogP contribution in [0.3, 0.4) is 0 Å². The number of carboxylic acids is 1. The number of morpholine rings is 1. The van der Waals surface area contributed by atoms with Crippen LogP contribution in [0.2, 0.25) is 0 Å². The summed E-state index contributed by atoms with van der Waals surface area (Å²) in [6.45, 7) is 0.814. The van der Waals surface area contributed by atoms with Crippen molar-refractivity contribution in [3.8, 4) is 0 Å². The Morgan fingerprint density at radius 1 is 1.24 bits per heavy atom. The fraction of sp³-hybridized carbons (Fsp3) is 0.643. The van der Waals surface area contributed by atoms with Crippen LogP contribution in [0, 0.1) is 11.8 Å². The molecule has 0 spiro atoms. The second kappa shape index (κ2) is 6.71. The summed E-state index contributed by atoms with van der Waals surface area (Å²) in [5.41, 5.74) is 0. The zero-order valence-electron chi connectivity index (χ0n) is 11.9. The number of nitrogens with zero attached hydrogens (tertiary/aromatic N) is 1. The maximum absolute atomic E-state index is 12.7. The van der Waals surface area contributed by atoms with E-state index in [1.807, 2.05) is 6.08 Å². The van der Waals surface area contributed by atoms with Gasteiger partial charge >= 0.3 is 5.97 Å². The van der Waals surface area contributed by atoms with Gasteiger partial charge in [-0.2, -0.15) is 0 Å². The van der Waals surface area contributed by atoms with Gasteiger partial charge in [-0.3, -0.25) is 14.4 Å². The van der Waals surface area contributed by atoms with E-state index in [0.717, 1.165) is 0 Å². The van der Waals surface area contributed by atoms with E-state index in [0.29, 0.717) is 26.0 Å². The quantitative estimate of drug-likeness (QED) is 0.693. The molecule has 7 nitrogen and oxygen atoms in total. The highest BCUT2D eigenvalue weighted by Gasteiger charge is 2.40. The Morgan fingerprint density at radius 2 is 1.90 bits per heavy atom. The predicted molar refractivity (Wildman–Crippen MR) is 73.4 cm³/mol. The Hall–Kier alpha value is -1.89. The molecule has 116 valence electrons. The summed E-state index contributed by atoms with van der Waals surface area (Å²) in [7, 11) is 1.50. The number of carboxylic acid groups (broad SMARTS) is 1. The molecule has 0 aromatic carbocycles. The Balaban J connectivity index is 2.17. The van der Waals surface area contributed by atoms with Crippen LogP contribution in [0.1, 0.15) is 12.8 Å². The number of carbonyl (C=O) groups is 3. The van der Waals surface area contributed by atoms with Crippen molar-refractivity contribution in [3.63, 3.8) is 0 Å². The molecule has 2 N–H and O–H groups in total. The highest BCUT2D eigenvalue weighted by Crippen LogP contribution is 2.28. The molecule has 2 rings (SSSR count). The van der Waals surface area contributed by atoms with Crippen molar-refractivity contribution in [2.45, 2.75) is 18.9 Å². The van der Waals surface area contributed by atoms with Gasteiger partial charge in [0.05, 0.1) is 25.0 Å². The number of rotatable bonds is 3. The van der Waals surface area contributed by atoms with Gasteiger partial charge in [-0.25, -0.2) is 0 Å². The zero-order valence-corrected chi connectivity index (χ0v) is 11.9. The molecule has 21 heavy (non-hydrogen) atoms. The van der Waals surface area contributed by atoms with Crippen LogP contribution in [0.4, 0.5) is 0 Å². The number of aliphatic carboxylic acids is 1. The second-order valence-electron chi connectivity index (χ2n) is 5.23. The molecule has 0 saturated carbocycles. The summed E-state index contributed by atoms with van der Waals surface area (Å²) < 4.78 is 5.26. The first-order chi connectivity index (χ1) is 10.1. The minimum Gasteiger partial charge on any atom is -0.481 e. The lowest BCUT2D eigenvalue weighted by Crippen LogP contribution is -2.57. The van der Waals surface area contributed by atoms with Crippen molar-refractivity contribution < 1.29 is 24.2 Å². The summed E-state index contributed by atoms with van der Waals surface area (Å²) in [5.74, 6) is -2.87. The first-order valence-corrected chi connectivity index (χ1v) is 7.04. The number of ether oxygens (including phenoxy) is 1. The molecule has 0 radical (unpaired) electrons. The molecule has 0 bridgehead atoms. The largest absolute Gasteiger partial charge is 0.481 e. The zero-order chi connectivity index (χ0) is 15.4. The van der Waals surface area contributed by atoms with E-state index in [1.165, 1.54) is 11.9 Å². The first kappa shape index (κ1) is 15.5. The number of carbonyl (C=O) groups excluding carboxylic acids is 2. The van der Waals surface area contributed by atoms with Crippen LogP contribution in [0.5, 0.6) is 0 Å².